The van der Waals surface area contributed by atoms with Crippen molar-refractivity contribution < 1.29 is 0 Å². The van der Waals surface area contributed by atoms with E-state index in [-0.39, 0.29) is 0 Å². The number of rotatable bonds is 12. The monoisotopic (exact) mass is 255 g/mol. The molecule has 17 heavy (non-hydrogen) atoms. The molecular weight excluding hydrogens is 226 g/mol. The van der Waals surface area contributed by atoms with Gasteiger partial charge in [-0.3, -0.25) is 0 Å². The van der Waals surface area contributed by atoms with E-state index in [0.717, 1.165) is 6.42 Å². The maximum atomic E-state index is 8.46. The van der Waals surface area contributed by atoms with Crippen molar-refractivity contribution in [3.63, 3.8) is 0 Å². The van der Waals surface area contributed by atoms with Gasteiger partial charge in [0, 0.05) is 11.7 Å². The van der Waals surface area contributed by atoms with Gasteiger partial charge in [-0.15, -0.1) is 0 Å². The Morgan fingerprint density at radius 3 is 1.94 bits per heavy atom. The second kappa shape index (κ2) is 13.9. The highest BCUT2D eigenvalue weighted by Gasteiger charge is 2.01. The summed E-state index contributed by atoms with van der Waals surface area (Å²) in [5.41, 5.74) is 0. The third-order valence-electron chi connectivity index (χ3n) is 3.23. The van der Waals surface area contributed by atoms with Crippen LogP contribution in [0.3, 0.4) is 0 Å². The Balaban J connectivity index is 3.05. The van der Waals surface area contributed by atoms with Crippen LogP contribution in [0.5, 0.6) is 0 Å². The number of nitriles is 1. The fraction of sp³-hybridized carbons (Fsp3) is 0.933. The van der Waals surface area contributed by atoms with Gasteiger partial charge in [0.15, 0.2) is 0 Å². The molecule has 1 atom stereocenters. The van der Waals surface area contributed by atoms with Crippen molar-refractivity contribution in [3.8, 4) is 6.07 Å². The highest BCUT2D eigenvalue weighted by Crippen LogP contribution is 2.15. The normalized spacial score (nSPS) is 12.3. The van der Waals surface area contributed by atoms with Crippen molar-refractivity contribution in [1.29, 1.82) is 5.26 Å². The predicted octanol–water partition coefficient (Wildman–Crippen LogP) is 5.51. The van der Waals surface area contributed by atoms with E-state index in [2.05, 4.69) is 25.6 Å². The minimum atomic E-state index is 0.444. The summed E-state index contributed by atoms with van der Waals surface area (Å²) in [6.07, 6.45) is 15.2. The highest BCUT2D eigenvalue weighted by molar-refractivity contribution is 7.80. The molecule has 0 fully saturated rings. The summed E-state index contributed by atoms with van der Waals surface area (Å²) < 4.78 is 0. The molecule has 0 aliphatic carbocycles. The minimum absolute atomic E-state index is 0.444. The first-order valence-corrected chi connectivity index (χ1v) is 7.88. The molecule has 1 unspecified atom stereocenters. The lowest BCUT2D eigenvalue weighted by Gasteiger charge is -2.07. The maximum absolute atomic E-state index is 8.46. The first-order chi connectivity index (χ1) is 8.31. The van der Waals surface area contributed by atoms with Gasteiger partial charge in [-0.25, -0.2) is 0 Å². The lowest BCUT2D eigenvalue weighted by atomic mass is 10.0. The van der Waals surface area contributed by atoms with Gasteiger partial charge in [0.25, 0.3) is 0 Å². The molecule has 2 heteroatoms. The Labute approximate surface area is 113 Å². The number of unbranched alkanes of at least 4 members (excludes halogenated alkanes) is 8. The molecule has 100 valence electrons. The van der Waals surface area contributed by atoms with Gasteiger partial charge in [-0.2, -0.15) is 17.9 Å². The van der Waals surface area contributed by atoms with Crippen molar-refractivity contribution in [2.45, 2.75) is 89.2 Å². The van der Waals surface area contributed by atoms with Crippen LogP contribution in [0.25, 0.3) is 0 Å². The van der Waals surface area contributed by atoms with Gasteiger partial charge in [-0.05, 0) is 12.8 Å². The fourth-order valence-corrected chi connectivity index (χ4v) is 2.38. The molecule has 0 spiro atoms. The number of nitrogens with zero attached hydrogens (tertiary/aromatic N) is 1. The van der Waals surface area contributed by atoms with E-state index in [1.54, 1.807) is 0 Å². The largest absolute Gasteiger partial charge is 0.198 e. The third kappa shape index (κ3) is 13.8. The van der Waals surface area contributed by atoms with Crippen LogP contribution in [0.4, 0.5) is 0 Å². The summed E-state index contributed by atoms with van der Waals surface area (Å²) in [6.45, 7) is 2.26. The van der Waals surface area contributed by atoms with E-state index in [9.17, 15) is 0 Å². The quantitative estimate of drug-likeness (QED) is 0.361. The summed E-state index contributed by atoms with van der Waals surface area (Å²) in [5.74, 6) is 0. The standard InChI is InChI=1S/C15H29NS/c1-2-3-4-5-6-7-8-9-10-12-15(17)13-11-14-16/h15,17H,2-13H2,1H3. The molecule has 0 saturated carbocycles. The molecule has 0 aliphatic rings. The summed E-state index contributed by atoms with van der Waals surface area (Å²) in [5, 5.41) is 8.91. The van der Waals surface area contributed by atoms with Crippen molar-refractivity contribution in [2.24, 2.45) is 0 Å². The molecule has 0 N–H and O–H groups in total. The zero-order valence-electron chi connectivity index (χ0n) is 11.5. The molecule has 0 aliphatic heterocycles. The van der Waals surface area contributed by atoms with E-state index in [4.69, 9.17) is 5.26 Å². The number of hydrogen-bond donors (Lipinski definition) is 1. The maximum Gasteiger partial charge on any atom is 0.0622 e. The Hall–Kier alpha value is -0.160. The van der Waals surface area contributed by atoms with Crippen LogP contribution in [0.2, 0.25) is 0 Å². The van der Waals surface area contributed by atoms with Gasteiger partial charge in [0.2, 0.25) is 0 Å². The van der Waals surface area contributed by atoms with Gasteiger partial charge >= 0.3 is 0 Å². The molecule has 0 heterocycles. The smallest absolute Gasteiger partial charge is 0.0622 e. The van der Waals surface area contributed by atoms with E-state index < -0.39 is 0 Å². The van der Waals surface area contributed by atoms with E-state index >= 15 is 0 Å². The highest BCUT2D eigenvalue weighted by atomic mass is 32.1. The number of hydrogen-bond acceptors (Lipinski definition) is 2. The van der Waals surface area contributed by atoms with Gasteiger partial charge in [0.1, 0.15) is 0 Å². The van der Waals surface area contributed by atoms with Crippen LogP contribution < -0.4 is 0 Å². The van der Waals surface area contributed by atoms with Gasteiger partial charge in [0.05, 0.1) is 6.07 Å². The average Bonchev–Trinajstić information content (AvgIpc) is 2.34. The van der Waals surface area contributed by atoms with Crippen molar-refractivity contribution in [2.75, 3.05) is 0 Å². The van der Waals surface area contributed by atoms with Crippen molar-refractivity contribution >= 4 is 12.6 Å². The van der Waals surface area contributed by atoms with Crippen LogP contribution >= 0.6 is 12.6 Å². The van der Waals surface area contributed by atoms with E-state index in [1.165, 1.54) is 64.2 Å². The van der Waals surface area contributed by atoms with Crippen LogP contribution in [0, 0.1) is 11.3 Å². The van der Waals surface area contributed by atoms with Crippen LogP contribution in [0.15, 0.2) is 0 Å². The molecule has 0 aromatic heterocycles. The Bertz CT molecular complexity index is 186. The SMILES string of the molecule is CCCCCCCCCCCC(S)CCC#N. The van der Waals surface area contributed by atoms with E-state index in [0.29, 0.717) is 11.7 Å². The van der Waals surface area contributed by atoms with Crippen LogP contribution in [-0.4, -0.2) is 5.25 Å². The summed E-state index contributed by atoms with van der Waals surface area (Å²) in [4.78, 5) is 0. The average molecular weight is 255 g/mol. The van der Waals surface area contributed by atoms with Crippen molar-refractivity contribution in [1.82, 2.24) is 0 Å². The zero-order chi connectivity index (χ0) is 12.8. The molecule has 0 radical (unpaired) electrons. The Kier molecular flexibility index (Phi) is 13.8. The molecular formula is C15H29NS. The molecule has 1 nitrogen and oxygen atoms in total. The Morgan fingerprint density at radius 1 is 0.882 bits per heavy atom. The van der Waals surface area contributed by atoms with Crippen LogP contribution in [-0.2, 0) is 0 Å². The molecule has 0 saturated heterocycles. The van der Waals surface area contributed by atoms with Crippen LogP contribution in [0.1, 0.15) is 84.0 Å². The van der Waals surface area contributed by atoms with Gasteiger partial charge < -0.3 is 0 Å². The molecule has 0 bridgehead atoms. The summed E-state index contributed by atoms with van der Waals surface area (Å²) in [7, 11) is 0. The second-order valence-corrected chi connectivity index (χ2v) is 5.70. The molecule has 0 rings (SSSR count). The summed E-state index contributed by atoms with van der Waals surface area (Å²) >= 11 is 4.49. The van der Waals surface area contributed by atoms with E-state index in [1.807, 2.05) is 0 Å². The Morgan fingerprint density at radius 2 is 1.41 bits per heavy atom. The number of thiol groups is 1. The molecule has 0 amide bonds. The van der Waals surface area contributed by atoms with Crippen molar-refractivity contribution in [3.05, 3.63) is 0 Å². The lowest BCUT2D eigenvalue weighted by molar-refractivity contribution is 0.549. The molecule has 0 aromatic carbocycles. The fourth-order valence-electron chi connectivity index (χ4n) is 2.07. The first-order valence-electron chi connectivity index (χ1n) is 7.36. The predicted molar refractivity (Wildman–Crippen MR) is 79.5 cm³/mol. The van der Waals surface area contributed by atoms with Gasteiger partial charge in [-0.1, -0.05) is 64.7 Å². The zero-order valence-corrected chi connectivity index (χ0v) is 12.4. The minimum Gasteiger partial charge on any atom is -0.198 e. The second-order valence-electron chi connectivity index (χ2n) is 4.97. The lowest BCUT2D eigenvalue weighted by Crippen LogP contribution is -1.97. The summed E-state index contributed by atoms with van der Waals surface area (Å²) in [6, 6.07) is 2.18. The molecule has 0 aromatic rings. The first kappa shape index (κ1) is 16.8. The topological polar surface area (TPSA) is 23.8 Å². The third-order valence-corrected chi connectivity index (χ3v) is 3.75.